The Hall–Kier alpha value is -1.26. The Kier molecular flexibility index (Phi) is 4.44. The van der Waals surface area contributed by atoms with Gasteiger partial charge in [-0.1, -0.05) is 0 Å². The molecule has 2 rings (SSSR count). The third kappa shape index (κ3) is 3.15. The Morgan fingerprint density at radius 1 is 1.28 bits per heavy atom. The van der Waals surface area contributed by atoms with E-state index in [9.17, 15) is 0 Å². The van der Waals surface area contributed by atoms with E-state index < -0.39 is 0 Å². The summed E-state index contributed by atoms with van der Waals surface area (Å²) < 4.78 is 10.6. The molecule has 1 aliphatic rings. The van der Waals surface area contributed by atoms with Gasteiger partial charge >= 0.3 is 0 Å². The summed E-state index contributed by atoms with van der Waals surface area (Å²) in [6, 6.07) is 6.45. The molecule has 18 heavy (non-hydrogen) atoms. The average molecular weight is 251 g/mol. The largest absolute Gasteiger partial charge is 0.497 e. The molecule has 0 spiro atoms. The normalized spacial score (nSPS) is 14.9. The minimum atomic E-state index is 0.197. The molecule has 0 saturated heterocycles. The summed E-state index contributed by atoms with van der Waals surface area (Å²) >= 11 is 0. The predicted molar refractivity (Wildman–Crippen MR) is 70.1 cm³/mol. The third-order valence-corrected chi connectivity index (χ3v) is 3.31. The molecule has 0 amide bonds. The molecule has 0 aromatic heterocycles. The maximum atomic E-state index is 9.12. The lowest BCUT2D eigenvalue weighted by Gasteiger charge is -2.22. The molecule has 0 radical (unpaired) electrons. The van der Waals surface area contributed by atoms with E-state index in [1.54, 1.807) is 14.2 Å². The van der Waals surface area contributed by atoms with Crippen molar-refractivity contribution < 1.29 is 14.6 Å². The van der Waals surface area contributed by atoms with Crippen LogP contribution in [0, 0.1) is 0 Å². The first-order valence-electron chi connectivity index (χ1n) is 6.34. The summed E-state index contributed by atoms with van der Waals surface area (Å²) in [7, 11) is 3.34. The fourth-order valence-electron chi connectivity index (χ4n) is 2.18. The highest BCUT2D eigenvalue weighted by Gasteiger charge is 2.29. The Labute approximate surface area is 108 Å². The van der Waals surface area contributed by atoms with Crippen molar-refractivity contribution in [2.75, 3.05) is 27.4 Å². The maximum absolute atomic E-state index is 9.12. The summed E-state index contributed by atoms with van der Waals surface area (Å²) in [4.78, 5) is 2.30. The summed E-state index contributed by atoms with van der Waals surface area (Å²) in [5.41, 5.74) is 1.11. The number of ether oxygens (including phenoxy) is 2. The van der Waals surface area contributed by atoms with Crippen molar-refractivity contribution in [1.82, 2.24) is 4.90 Å². The van der Waals surface area contributed by atoms with E-state index in [1.165, 1.54) is 12.8 Å². The van der Waals surface area contributed by atoms with Crippen molar-refractivity contribution in [2.24, 2.45) is 0 Å². The number of methoxy groups -OCH3 is 2. The molecule has 1 saturated carbocycles. The summed E-state index contributed by atoms with van der Waals surface area (Å²) in [5, 5.41) is 9.12. The second kappa shape index (κ2) is 6.07. The second-order valence-electron chi connectivity index (χ2n) is 4.60. The van der Waals surface area contributed by atoms with Gasteiger partial charge < -0.3 is 14.6 Å². The van der Waals surface area contributed by atoms with Gasteiger partial charge in [0.2, 0.25) is 0 Å². The molecule has 1 fully saturated rings. The predicted octanol–water partition coefficient (Wildman–Crippen LogP) is 1.66. The first-order valence-corrected chi connectivity index (χ1v) is 6.34. The number of hydrogen-bond acceptors (Lipinski definition) is 4. The van der Waals surface area contributed by atoms with Gasteiger partial charge in [0.15, 0.2) is 0 Å². The standard InChI is InChI=1S/C14H21NO3/c1-17-13-5-6-14(18-2)11(9-13)10-15(7-8-16)12-3-4-12/h5-6,9,12,16H,3-4,7-8,10H2,1-2H3. The Bertz CT molecular complexity index is 391. The molecule has 1 aromatic carbocycles. The fourth-order valence-corrected chi connectivity index (χ4v) is 2.18. The zero-order valence-corrected chi connectivity index (χ0v) is 11.1. The van der Waals surface area contributed by atoms with E-state index in [2.05, 4.69) is 4.90 Å². The van der Waals surface area contributed by atoms with E-state index in [0.717, 1.165) is 23.6 Å². The smallest absolute Gasteiger partial charge is 0.123 e. The van der Waals surface area contributed by atoms with E-state index in [-0.39, 0.29) is 6.61 Å². The quantitative estimate of drug-likeness (QED) is 0.800. The SMILES string of the molecule is COc1ccc(OC)c(CN(CCO)C2CC2)c1. The number of rotatable bonds is 7. The van der Waals surface area contributed by atoms with Crippen LogP contribution in [0.4, 0.5) is 0 Å². The minimum Gasteiger partial charge on any atom is -0.497 e. The van der Waals surface area contributed by atoms with E-state index in [1.807, 2.05) is 18.2 Å². The molecule has 100 valence electrons. The number of hydrogen-bond donors (Lipinski definition) is 1. The van der Waals surface area contributed by atoms with Crippen LogP contribution in [0.1, 0.15) is 18.4 Å². The number of aliphatic hydroxyl groups is 1. The molecule has 4 heteroatoms. The van der Waals surface area contributed by atoms with Crippen LogP contribution in [-0.4, -0.2) is 43.4 Å². The summed E-state index contributed by atoms with van der Waals surface area (Å²) in [6.07, 6.45) is 2.46. The Balaban J connectivity index is 2.14. The molecule has 1 aromatic rings. The summed E-state index contributed by atoms with van der Waals surface area (Å²) in [5.74, 6) is 1.71. The zero-order chi connectivity index (χ0) is 13.0. The highest BCUT2D eigenvalue weighted by atomic mass is 16.5. The molecular formula is C14H21NO3. The molecule has 1 aliphatic carbocycles. The van der Waals surface area contributed by atoms with Crippen molar-refractivity contribution in [3.05, 3.63) is 23.8 Å². The van der Waals surface area contributed by atoms with Crippen molar-refractivity contribution in [3.8, 4) is 11.5 Å². The van der Waals surface area contributed by atoms with E-state index in [0.29, 0.717) is 12.6 Å². The highest BCUT2D eigenvalue weighted by Crippen LogP contribution is 2.31. The van der Waals surface area contributed by atoms with Crippen molar-refractivity contribution in [3.63, 3.8) is 0 Å². The van der Waals surface area contributed by atoms with Crippen LogP contribution in [0.25, 0.3) is 0 Å². The monoisotopic (exact) mass is 251 g/mol. The van der Waals surface area contributed by atoms with Crippen LogP contribution < -0.4 is 9.47 Å². The van der Waals surface area contributed by atoms with Crippen LogP contribution in [0.3, 0.4) is 0 Å². The molecular weight excluding hydrogens is 230 g/mol. The number of aliphatic hydroxyl groups excluding tert-OH is 1. The van der Waals surface area contributed by atoms with Gasteiger partial charge in [-0.2, -0.15) is 0 Å². The third-order valence-electron chi connectivity index (χ3n) is 3.31. The van der Waals surface area contributed by atoms with Gasteiger partial charge in [0.05, 0.1) is 20.8 Å². The second-order valence-corrected chi connectivity index (χ2v) is 4.60. The first-order chi connectivity index (χ1) is 8.78. The molecule has 0 aliphatic heterocycles. The summed E-state index contributed by atoms with van der Waals surface area (Å²) in [6.45, 7) is 1.71. The van der Waals surface area contributed by atoms with Crippen LogP contribution in [-0.2, 0) is 6.54 Å². The lowest BCUT2D eigenvalue weighted by atomic mass is 10.1. The number of benzene rings is 1. The van der Waals surface area contributed by atoms with Gasteiger partial charge in [-0.25, -0.2) is 0 Å². The lowest BCUT2D eigenvalue weighted by Crippen LogP contribution is -2.28. The van der Waals surface area contributed by atoms with Crippen molar-refractivity contribution in [2.45, 2.75) is 25.4 Å². The van der Waals surface area contributed by atoms with Crippen LogP contribution in [0.15, 0.2) is 18.2 Å². The fraction of sp³-hybridized carbons (Fsp3) is 0.571. The number of nitrogens with zero attached hydrogens (tertiary/aromatic N) is 1. The minimum absolute atomic E-state index is 0.197. The maximum Gasteiger partial charge on any atom is 0.123 e. The van der Waals surface area contributed by atoms with E-state index in [4.69, 9.17) is 14.6 Å². The molecule has 4 nitrogen and oxygen atoms in total. The van der Waals surface area contributed by atoms with Gasteiger partial charge in [-0.05, 0) is 31.0 Å². The zero-order valence-electron chi connectivity index (χ0n) is 11.1. The molecule has 0 unspecified atom stereocenters. The molecule has 0 heterocycles. The average Bonchev–Trinajstić information content (AvgIpc) is 3.22. The molecule has 1 N–H and O–H groups in total. The van der Waals surface area contributed by atoms with Crippen molar-refractivity contribution >= 4 is 0 Å². The van der Waals surface area contributed by atoms with Crippen LogP contribution >= 0.6 is 0 Å². The van der Waals surface area contributed by atoms with Crippen LogP contribution in [0.2, 0.25) is 0 Å². The van der Waals surface area contributed by atoms with Crippen LogP contribution in [0.5, 0.6) is 11.5 Å². The Morgan fingerprint density at radius 2 is 2.06 bits per heavy atom. The lowest BCUT2D eigenvalue weighted by molar-refractivity contribution is 0.182. The van der Waals surface area contributed by atoms with Crippen molar-refractivity contribution in [1.29, 1.82) is 0 Å². The first kappa shape index (κ1) is 13.2. The highest BCUT2D eigenvalue weighted by molar-refractivity contribution is 5.40. The Morgan fingerprint density at radius 3 is 2.61 bits per heavy atom. The molecule has 0 bridgehead atoms. The van der Waals surface area contributed by atoms with Gasteiger partial charge in [-0.15, -0.1) is 0 Å². The van der Waals surface area contributed by atoms with Gasteiger partial charge in [0.1, 0.15) is 11.5 Å². The topological polar surface area (TPSA) is 41.9 Å². The van der Waals surface area contributed by atoms with E-state index >= 15 is 0 Å². The van der Waals surface area contributed by atoms with Gasteiger partial charge in [0.25, 0.3) is 0 Å². The molecule has 0 atom stereocenters. The van der Waals surface area contributed by atoms with Gasteiger partial charge in [-0.3, -0.25) is 4.90 Å². The van der Waals surface area contributed by atoms with Gasteiger partial charge in [0, 0.05) is 24.7 Å².